The van der Waals surface area contributed by atoms with E-state index >= 15 is 0 Å². The van der Waals surface area contributed by atoms with E-state index in [1.165, 1.54) is 25.4 Å². The average molecular weight is 642 g/mol. The van der Waals surface area contributed by atoms with Crippen LogP contribution in [0.3, 0.4) is 0 Å². The van der Waals surface area contributed by atoms with Crippen LogP contribution in [0.2, 0.25) is 0 Å². The van der Waals surface area contributed by atoms with E-state index in [-0.39, 0.29) is 23.3 Å². The summed E-state index contributed by atoms with van der Waals surface area (Å²) in [5.41, 5.74) is 1.18. The van der Waals surface area contributed by atoms with Crippen LogP contribution in [-0.2, 0) is 29.1 Å². The molecule has 45 heavy (non-hydrogen) atoms. The van der Waals surface area contributed by atoms with E-state index in [4.69, 9.17) is 9.47 Å². The van der Waals surface area contributed by atoms with Crippen molar-refractivity contribution >= 4 is 50.5 Å². The largest absolute Gasteiger partial charge is 0.494 e. The Morgan fingerprint density at radius 1 is 0.978 bits per heavy atom. The molecule has 0 unspecified atom stereocenters. The SMILES string of the molecule is CN(CC(=O)OC(C)(C)C)S(=O)(=O)c1cccc(N=Cc2c(O)[nH]c3cccc(N4CCN(CC(=O)OC(C)(C)C)CC4)c23)c1. The number of hydrogen-bond acceptors (Lipinski definition) is 10. The maximum absolute atomic E-state index is 13.2. The molecular formula is C32H43N5O7S. The van der Waals surface area contributed by atoms with Crippen LogP contribution in [0.5, 0.6) is 5.88 Å². The third-order valence-electron chi connectivity index (χ3n) is 6.95. The van der Waals surface area contributed by atoms with Gasteiger partial charge in [0.25, 0.3) is 0 Å². The van der Waals surface area contributed by atoms with Crippen LogP contribution in [0.4, 0.5) is 11.4 Å². The number of sulfonamides is 1. The number of benzene rings is 2. The molecular weight excluding hydrogens is 598 g/mol. The highest BCUT2D eigenvalue weighted by Crippen LogP contribution is 2.35. The smallest absolute Gasteiger partial charge is 0.321 e. The number of fused-ring (bicyclic) bond motifs is 1. The fourth-order valence-corrected chi connectivity index (χ4v) is 6.17. The summed E-state index contributed by atoms with van der Waals surface area (Å²) >= 11 is 0. The number of aromatic amines is 1. The van der Waals surface area contributed by atoms with Crippen LogP contribution in [0.15, 0.2) is 52.4 Å². The molecule has 2 N–H and O–H groups in total. The Morgan fingerprint density at radius 2 is 1.60 bits per heavy atom. The molecule has 0 atom stereocenters. The molecule has 0 amide bonds. The van der Waals surface area contributed by atoms with Crippen molar-refractivity contribution in [3.63, 3.8) is 0 Å². The number of likely N-dealkylation sites (N-methyl/N-ethyl adjacent to an activating group) is 1. The first-order chi connectivity index (χ1) is 20.9. The Morgan fingerprint density at radius 3 is 2.24 bits per heavy atom. The molecule has 0 aliphatic carbocycles. The summed E-state index contributed by atoms with van der Waals surface area (Å²) < 4.78 is 38.1. The fourth-order valence-electron chi connectivity index (χ4n) is 5.02. The predicted molar refractivity (Wildman–Crippen MR) is 174 cm³/mol. The van der Waals surface area contributed by atoms with Crippen molar-refractivity contribution in [2.45, 2.75) is 57.6 Å². The van der Waals surface area contributed by atoms with Crippen molar-refractivity contribution in [1.82, 2.24) is 14.2 Å². The van der Waals surface area contributed by atoms with Gasteiger partial charge in [-0.25, -0.2) is 8.42 Å². The highest BCUT2D eigenvalue weighted by atomic mass is 32.2. The quantitative estimate of drug-likeness (QED) is 0.261. The molecule has 3 aromatic rings. The first-order valence-electron chi connectivity index (χ1n) is 14.8. The lowest BCUT2D eigenvalue weighted by Crippen LogP contribution is -2.48. The second-order valence-electron chi connectivity index (χ2n) is 13.0. The van der Waals surface area contributed by atoms with Gasteiger partial charge >= 0.3 is 11.9 Å². The zero-order valence-electron chi connectivity index (χ0n) is 27.0. The van der Waals surface area contributed by atoms with E-state index in [0.29, 0.717) is 37.4 Å². The molecule has 2 aromatic carbocycles. The Bertz CT molecular complexity index is 1680. The first kappa shape index (κ1) is 33.9. The van der Waals surface area contributed by atoms with E-state index in [9.17, 15) is 23.1 Å². The number of H-pyrrole nitrogens is 1. The van der Waals surface area contributed by atoms with Gasteiger partial charge in [-0.2, -0.15) is 4.31 Å². The molecule has 1 fully saturated rings. The van der Waals surface area contributed by atoms with Gasteiger partial charge in [-0.15, -0.1) is 0 Å². The molecule has 4 rings (SSSR count). The summed E-state index contributed by atoms with van der Waals surface area (Å²) in [6, 6.07) is 11.8. The number of carbonyl (C=O) groups excluding carboxylic acids is 2. The summed E-state index contributed by atoms with van der Waals surface area (Å²) in [5, 5.41) is 11.6. The number of carbonyl (C=O) groups is 2. The van der Waals surface area contributed by atoms with Crippen LogP contribution in [-0.4, -0.2) is 103 Å². The number of anilines is 1. The third kappa shape index (κ3) is 8.83. The number of aromatic hydroxyl groups is 1. The number of esters is 2. The zero-order valence-corrected chi connectivity index (χ0v) is 27.8. The van der Waals surface area contributed by atoms with E-state index in [1.54, 1.807) is 32.9 Å². The van der Waals surface area contributed by atoms with Crippen molar-refractivity contribution < 1.29 is 32.6 Å². The third-order valence-corrected chi connectivity index (χ3v) is 8.75. The van der Waals surface area contributed by atoms with Crippen LogP contribution < -0.4 is 4.90 Å². The van der Waals surface area contributed by atoms with E-state index in [2.05, 4.69) is 19.8 Å². The van der Waals surface area contributed by atoms with Crippen molar-refractivity contribution in [3.8, 4) is 5.88 Å². The zero-order chi connectivity index (χ0) is 33.2. The van der Waals surface area contributed by atoms with Gasteiger partial charge in [0.2, 0.25) is 10.0 Å². The lowest BCUT2D eigenvalue weighted by Gasteiger charge is -2.36. The first-order valence-corrected chi connectivity index (χ1v) is 16.2. The van der Waals surface area contributed by atoms with Crippen LogP contribution in [0.1, 0.15) is 47.1 Å². The lowest BCUT2D eigenvalue weighted by atomic mass is 10.1. The molecule has 2 heterocycles. The van der Waals surface area contributed by atoms with Crippen molar-refractivity contribution in [1.29, 1.82) is 0 Å². The number of rotatable bonds is 9. The second kappa shape index (κ2) is 13.2. The monoisotopic (exact) mass is 641 g/mol. The standard InChI is InChI=1S/C32H43N5O7S/c1-31(2,3)43-27(38)20-35(7)45(41,42)23-11-8-10-22(18-23)33-19-24-29-25(34-30(24)40)12-9-13-26(29)37-16-14-36(15-17-37)21-28(39)44-32(4,5)6/h8-13,18-19,34,40H,14-17,20-21H2,1-7H3. The van der Waals surface area contributed by atoms with Gasteiger partial charge in [0.15, 0.2) is 5.88 Å². The minimum atomic E-state index is -4.01. The molecule has 0 radical (unpaired) electrons. The van der Waals surface area contributed by atoms with E-state index in [1.807, 2.05) is 39.0 Å². The molecule has 0 bridgehead atoms. The van der Waals surface area contributed by atoms with Gasteiger partial charge in [-0.1, -0.05) is 12.1 Å². The number of ether oxygens (including phenoxy) is 2. The van der Waals surface area contributed by atoms with Gasteiger partial charge in [0.05, 0.1) is 28.2 Å². The molecule has 244 valence electrons. The summed E-state index contributed by atoms with van der Waals surface area (Å²) in [5.74, 6) is -0.970. The maximum Gasteiger partial charge on any atom is 0.321 e. The van der Waals surface area contributed by atoms with Crippen LogP contribution in [0, 0.1) is 0 Å². The summed E-state index contributed by atoms with van der Waals surface area (Å²) in [6.45, 7) is 13.1. The molecule has 1 aliphatic heterocycles. The Balaban J connectivity index is 1.52. The average Bonchev–Trinajstić information content (AvgIpc) is 3.25. The summed E-state index contributed by atoms with van der Waals surface area (Å²) in [7, 11) is -2.69. The van der Waals surface area contributed by atoms with Crippen LogP contribution in [0.25, 0.3) is 10.9 Å². The van der Waals surface area contributed by atoms with Gasteiger partial charge < -0.3 is 24.5 Å². The van der Waals surface area contributed by atoms with E-state index in [0.717, 1.165) is 20.9 Å². The molecule has 12 nitrogen and oxygen atoms in total. The normalized spacial score (nSPS) is 15.2. The van der Waals surface area contributed by atoms with Gasteiger partial charge in [-0.05, 0) is 71.9 Å². The highest BCUT2D eigenvalue weighted by molar-refractivity contribution is 7.89. The van der Waals surface area contributed by atoms with Crippen molar-refractivity contribution in [3.05, 3.63) is 48.0 Å². The second-order valence-corrected chi connectivity index (χ2v) is 15.1. The van der Waals surface area contributed by atoms with Gasteiger partial charge in [0.1, 0.15) is 17.7 Å². The number of nitrogens with one attached hydrogen (secondary N) is 1. The predicted octanol–water partition coefficient (Wildman–Crippen LogP) is 4.05. The van der Waals surface area contributed by atoms with Gasteiger partial charge in [-0.3, -0.25) is 19.5 Å². The van der Waals surface area contributed by atoms with Crippen molar-refractivity contribution in [2.75, 3.05) is 51.2 Å². The summed E-state index contributed by atoms with van der Waals surface area (Å²) in [4.78, 5) is 36.3. The Hall–Kier alpha value is -3.94. The van der Waals surface area contributed by atoms with Crippen molar-refractivity contribution in [2.24, 2.45) is 4.99 Å². The molecule has 13 heteroatoms. The summed E-state index contributed by atoms with van der Waals surface area (Å²) in [6.07, 6.45) is 1.51. The number of piperazine rings is 1. The molecule has 1 aromatic heterocycles. The molecule has 0 saturated carbocycles. The maximum atomic E-state index is 13.2. The fraction of sp³-hybridized carbons (Fsp3) is 0.469. The number of aliphatic imine (C=N–C) groups is 1. The topological polar surface area (TPSA) is 145 Å². The number of aromatic nitrogens is 1. The Kier molecular flexibility index (Phi) is 9.95. The molecule has 1 aliphatic rings. The lowest BCUT2D eigenvalue weighted by molar-refractivity contribution is -0.156. The number of nitrogens with zero attached hydrogens (tertiary/aromatic N) is 4. The molecule has 0 spiro atoms. The number of hydrogen-bond donors (Lipinski definition) is 2. The Labute approximate surface area is 264 Å². The molecule has 1 saturated heterocycles. The van der Waals surface area contributed by atoms with Crippen LogP contribution >= 0.6 is 0 Å². The van der Waals surface area contributed by atoms with E-state index < -0.39 is 33.7 Å². The minimum Gasteiger partial charge on any atom is -0.494 e. The van der Waals surface area contributed by atoms with Gasteiger partial charge in [0, 0.05) is 50.5 Å². The highest BCUT2D eigenvalue weighted by Gasteiger charge is 2.27. The minimum absolute atomic E-state index is 0.0312.